The zero-order valence-corrected chi connectivity index (χ0v) is 17.3. The molecule has 1 N–H and O–H groups in total. The summed E-state index contributed by atoms with van der Waals surface area (Å²) in [5.74, 6) is 0.437. The Morgan fingerprint density at radius 3 is 3.07 bits per heavy atom. The van der Waals surface area contributed by atoms with Gasteiger partial charge in [0.1, 0.15) is 16.1 Å². The highest BCUT2D eigenvalue weighted by Gasteiger charge is 2.28. The summed E-state index contributed by atoms with van der Waals surface area (Å²) in [7, 11) is 1.57. The Morgan fingerprint density at radius 2 is 2.29 bits per heavy atom. The summed E-state index contributed by atoms with van der Waals surface area (Å²) in [4.78, 5) is 25.1. The number of nitrogens with one attached hydrogen (secondary N) is 1. The van der Waals surface area contributed by atoms with E-state index < -0.39 is 0 Å². The molecule has 1 aliphatic heterocycles. The van der Waals surface area contributed by atoms with E-state index in [1.54, 1.807) is 30.7 Å². The monoisotopic (exact) mass is 416 g/mol. The third-order valence-corrected chi connectivity index (χ3v) is 6.40. The fourth-order valence-corrected chi connectivity index (χ4v) is 4.52. The Hall–Kier alpha value is -2.38. The second-order valence-corrected chi connectivity index (χ2v) is 8.26. The van der Waals surface area contributed by atoms with Gasteiger partial charge >= 0.3 is 0 Å². The smallest absolute Gasteiger partial charge is 0.229 e. The van der Waals surface area contributed by atoms with Crippen LogP contribution in [0.25, 0.3) is 10.3 Å². The van der Waals surface area contributed by atoms with E-state index in [1.807, 2.05) is 25.1 Å². The van der Waals surface area contributed by atoms with Crippen LogP contribution >= 0.6 is 22.9 Å². The number of methoxy groups -OCH3 is 1. The lowest BCUT2D eigenvalue weighted by atomic mass is 9.97. The number of piperidine rings is 1. The van der Waals surface area contributed by atoms with Crippen LogP contribution in [-0.2, 0) is 4.79 Å². The van der Waals surface area contributed by atoms with Crippen LogP contribution in [0.4, 0.5) is 10.8 Å². The predicted molar refractivity (Wildman–Crippen MR) is 114 cm³/mol. The summed E-state index contributed by atoms with van der Waals surface area (Å²) in [6, 6.07) is 7.43. The summed E-state index contributed by atoms with van der Waals surface area (Å²) in [6.45, 7) is 3.44. The first-order valence-electron chi connectivity index (χ1n) is 9.16. The Bertz CT molecular complexity index is 990. The second kappa shape index (κ2) is 7.93. The number of hydrogen-bond acceptors (Lipinski definition) is 6. The minimum absolute atomic E-state index is 0.0102. The maximum absolute atomic E-state index is 12.9. The Balaban J connectivity index is 1.50. The van der Waals surface area contributed by atoms with E-state index in [0.717, 1.165) is 40.4 Å². The molecule has 0 spiro atoms. The number of anilines is 2. The molecule has 0 bridgehead atoms. The first-order chi connectivity index (χ1) is 13.5. The molecule has 2 aromatic heterocycles. The predicted octanol–water partition coefficient (Wildman–Crippen LogP) is 4.52. The summed E-state index contributed by atoms with van der Waals surface area (Å²) in [6.07, 6.45) is 3.57. The molecule has 0 aliphatic carbocycles. The van der Waals surface area contributed by atoms with Crippen LogP contribution in [0.5, 0.6) is 5.75 Å². The van der Waals surface area contributed by atoms with E-state index in [-0.39, 0.29) is 11.8 Å². The van der Waals surface area contributed by atoms with Crippen molar-refractivity contribution in [2.45, 2.75) is 19.8 Å². The first kappa shape index (κ1) is 19.0. The normalized spacial score (nSPS) is 17.0. The van der Waals surface area contributed by atoms with Crippen molar-refractivity contribution in [1.29, 1.82) is 0 Å². The minimum Gasteiger partial charge on any atom is -0.495 e. The van der Waals surface area contributed by atoms with Gasteiger partial charge in [0.05, 0.1) is 18.7 Å². The van der Waals surface area contributed by atoms with E-state index in [2.05, 4.69) is 20.2 Å². The first-order valence-corrected chi connectivity index (χ1v) is 10.4. The molecule has 28 heavy (non-hydrogen) atoms. The van der Waals surface area contributed by atoms with Crippen molar-refractivity contribution in [2.24, 2.45) is 5.92 Å². The van der Waals surface area contributed by atoms with Gasteiger partial charge in [-0.1, -0.05) is 22.9 Å². The van der Waals surface area contributed by atoms with Crippen LogP contribution in [0.1, 0.15) is 18.4 Å². The van der Waals surface area contributed by atoms with E-state index >= 15 is 0 Å². The maximum atomic E-state index is 12.9. The number of fused-ring (bicyclic) bond motifs is 1. The number of halogens is 1. The minimum atomic E-state index is -0.116. The molecule has 1 aromatic carbocycles. The number of aryl methyl sites for hydroxylation is 1. The molecule has 1 fully saturated rings. The quantitative estimate of drug-likeness (QED) is 0.677. The SMILES string of the molecule is COc1cc(Cl)c(C)cc1NC(=O)C1CCCN(c2nc3cccnc3s2)C1. The van der Waals surface area contributed by atoms with Crippen molar-refractivity contribution in [3.8, 4) is 5.75 Å². The number of ether oxygens (including phenoxy) is 1. The maximum Gasteiger partial charge on any atom is 0.229 e. The molecule has 1 saturated heterocycles. The van der Waals surface area contributed by atoms with Crippen molar-refractivity contribution in [3.05, 3.63) is 41.0 Å². The molecule has 8 heteroatoms. The van der Waals surface area contributed by atoms with Crippen LogP contribution in [0.15, 0.2) is 30.5 Å². The number of carbonyl (C=O) groups excluding carboxylic acids is 1. The van der Waals surface area contributed by atoms with Crippen molar-refractivity contribution in [2.75, 3.05) is 30.4 Å². The average molecular weight is 417 g/mol. The van der Waals surface area contributed by atoms with Gasteiger partial charge in [-0.25, -0.2) is 9.97 Å². The lowest BCUT2D eigenvalue weighted by Gasteiger charge is -2.31. The lowest BCUT2D eigenvalue weighted by molar-refractivity contribution is -0.120. The van der Waals surface area contributed by atoms with Crippen LogP contribution in [0.3, 0.4) is 0 Å². The molecule has 146 valence electrons. The lowest BCUT2D eigenvalue weighted by Crippen LogP contribution is -2.40. The molecule has 0 radical (unpaired) electrons. The number of nitrogens with zero attached hydrogens (tertiary/aromatic N) is 3. The van der Waals surface area contributed by atoms with Gasteiger partial charge in [-0.2, -0.15) is 0 Å². The third-order valence-electron chi connectivity index (χ3n) is 4.96. The van der Waals surface area contributed by atoms with Crippen molar-refractivity contribution >= 4 is 50.0 Å². The van der Waals surface area contributed by atoms with Crippen LogP contribution in [-0.4, -0.2) is 36.1 Å². The van der Waals surface area contributed by atoms with Gasteiger partial charge in [0.2, 0.25) is 5.91 Å². The number of hydrogen-bond donors (Lipinski definition) is 1. The number of rotatable bonds is 4. The van der Waals surface area contributed by atoms with Gasteiger partial charge < -0.3 is 15.0 Å². The molecule has 4 rings (SSSR count). The summed E-state index contributed by atoms with van der Waals surface area (Å²) >= 11 is 7.73. The molecular formula is C20H21ClN4O2S. The number of thiazole rings is 1. The van der Waals surface area contributed by atoms with E-state index in [1.165, 1.54) is 0 Å². The van der Waals surface area contributed by atoms with Crippen molar-refractivity contribution in [1.82, 2.24) is 9.97 Å². The highest BCUT2D eigenvalue weighted by atomic mass is 35.5. The average Bonchev–Trinajstić information content (AvgIpc) is 3.15. The Labute approximate surface area is 172 Å². The second-order valence-electron chi connectivity index (χ2n) is 6.90. The van der Waals surface area contributed by atoms with Gasteiger partial charge in [-0.05, 0) is 43.5 Å². The number of carbonyl (C=O) groups is 1. The van der Waals surface area contributed by atoms with Gasteiger partial charge in [0.15, 0.2) is 5.13 Å². The highest BCUT2D eigenvalue weighted by Crippen LogP contribution is 2.33. The highest BCUT2D eigenvalue weighted by molar-refractivity contribution is 7.21. The van der Waals surface area contributed by atoms with Gasteiger partial charge in [0, 0.05) is 30.4 Å². The zero-order valence-electron chi connectivity index (χ0n) is 15.7. The topological polar surface area (TPSA) is 67.3 Å². The Morgan fingerprint density at radius 1 is 1.43 bits per heavy atom. The molecule has 3 aromatic rings. The van der Waals surface area contributed by atoms with Gasteiger partial charge in [0.25, 0.3) is 0 Å². The summed E-state index contributed by atoms with van der Waals surface area (Å²) in [5, 5.41) is 4.56. The summed E-state index contributed by atoms with van der Waals surface area (Å²) < 4.78 is 5.37. The van der Waals surface area contributed by atoms with Crippen molar-refractivity contribution < 1.29 is 9.53 Å². The van der Waals surface area contributed by atoms with E-state index in [4.69, 9.17) is 16.3 Å². The molecule has 1 amide bonds. The van der Waals surface area contributed by atoms with Gasteiger partial charge in [-0.3, -0.25) is 4.79 Å². The van der Waals surface area contributed by atoms with E-state index in [0.29, 0.717) is 23.0 Å². The van der Waals surface area contributed by atoms with Gasteiger partial charge in [-0.15, -0.1) is 0 Å². The van der Waals surface area contributed by atoms with Crippen LogP contribution < -0.4 is 15.0 Å². The Kier molecular flexibility index (Phi) is 5.37. The molecule has 0 saturated carbocycles. The number of pyridine rings is 1. The number of benzene rings is 1. The number of amides is 1. The van der Waals surface area contributed by atoms with Crippen LogP contribution in [0, 0.1) is 12.8 Å². The third kappa shape index (κ3) is 3.77. The van der Waals surface area contributed by atoms with Crippen molar-refractivity contribution in [3.63, 3.8) is 0 Å². The number of aromatic nitrogens is 2. The molecular weight excluding hydrogens is 396 g/mol. The molecule has 1 atom stereocenters. The molecule has 1 unspecified atom stereocenters. The fraction of sp³-hybridized carbons (Fsp3) is 0.350. The largest absolute Gasteiger partial charge is 0.495 e. The molecule has 6 nitrogen and oxygen atoms in total. The standard InChI is InChI=1S/C20H21ClN4O2S/c1-12-9-16(17(27-2)10-14(12)21)23-18(26)13-5-4-8-25(11-13)20-24-15-6-3-7-22-19(15)28-20/h3,6-7,9-10,13H,4-5,8,11H2,1-2H3,(H,23,26). The zero-order chi connectivity index (χ0) is 19.7. The van der Waals surface area contributed by atoms with E-state index in [9.17, 15) is 4.79 Å². The van der Waals surface area contributed by atoms with Crippen LogP contribution in [0.2, 0.25) is 5.02 Å². The fourth-order valence-electron chi connectivity index (χ4n) is 3.42. The molecule has 3 heterocycles. The summed E-state index contributed by atoms with van der Waals surface area (Å²) in [5.41, 5.74) is 2.44. The molecule has 1 aliphatic rings.